The second-order valence-electron chi connectivity index (χ2n) is 10.3. The van der Waals surface area contributed by atoms with Crippen molar-refractivity contribution >= 4 is 65.0 Å². The van der Waals surface area contributed by atoms with E-state index < -0.39 is 85.5 Å². The van der Waals surface area contributed by atoms with Gasteiger partial charge in [0.25, 0.3) is 42.2 Å². The molecular weight excluding hydrogens is 655 g/mol. The molecule has 0 aliphatic carbocycles. The van der Waals surface area contributed by atoms with Crippen molar-refractivity contribution < 1.29 is 53.3 Å². The van der Waals surface area contributed by atoms with Gasteiger partial charge in [0, 0.05) is 28.7 Å². The Balaban J connectivity index is 1.99. The van der Waals surface area contributed by atoms with Crippen LogP contribution in [0, 0.1) is 5.92 Å². The molecule has 242 valence electrons. The molecule has 0 fully saturated rings. The SMILES string of the molecule is CC(C)Nc1ccc(C(=O)Nc2ccc(C(=O)Nc3ccc(C(=O)C(C)C)cc3S(=O)(=O)O)cc2S(=O)(=O)O)cc1S(=O)(=O)O. The number of carbonyl (C=O) groups excluding carboxylic acids is 3. The molecule has 2 amide bonds. The highest BCUT2D eigenvalue weighted by atomic mass is 32.2. The lowest BCUT2D eigenvalue weighted by molar-refractivity contribution is 0.0938. The van der Waals surface area contributed by atoms with Crippen LogP contribution >= 0.6 is 0 Å². The Morgan fingerprint density at radius 2 is 0.889 bits per heavy atom. The highest BCUT2D eigenvalue weighted by molar-refractivity contribution is 7.86. The normalized spacial score (nSPS) is 12.2. The van der Waals surface area contributed by atoms with Gasteiger partial charge in [-0.05, 0) is 68.4 Å². The van der Waals surface area contributed by atoms with E-state index in [1.165, 1.54) is 18.2 Å². The Kier molecular flexibility index (Phi) is 10.2. The van der Waals surface area contributed by atoms with E-state index in [0.29, 0.717) is 6.07 Å². The zero-order valence-electron chi connectivity index (χ0n) is 24.1. The minimum Gasteiger partial charge on any atom is -0.382 e. The molecule has 3 rings (SSSR count). The van der Waals surface area contributed by atoms with Crippen LogP contribution in [0.3, 0.4) is 0 Å². The fraction of sp³-hybridized carbons (Fsp3) is 0.222. The topological polar surface area (TPSA) is 250 Å². The maximum atomic E-state index is 13.0. The number of ketones is 1. The van der Waals surface area contributed by atoms with Crippen molar-refractivity contribution in [2.75, 3.05) is 16.0 Å². The second kappa shape index (κ2) is 13.0. The number of benzene rings is 3. The third-order valence-corrected chi connectivity index (χ3v) is 8.73. The fourth-order valence-electron chi connectivity index (χ4n) is 4.00. The number of carbonyl (C=O) groups is 3. The van der Waals surface area contributed by atoms with Crippen LogP contribution in [0.15, 0.2) is 69.3 Å². The fourth-order valence-corrected chi connectivity index (χ4v) is 6.03. The van der Waals surface area contributed by atoms with Crippen molar-refractivity contribution in [1.29, 1.82) is 0 Å². The molecular formula is C27H29N3O12S3. The standard InChI is InChI=1S/C27H29N3O12S3/c1-14(2)25(31)16-5-8-20(22(11-16)43(34,35)36)29-27(33)18-7-10-21(24(13-18)45(40,41)42)30-26(32)17-6-9-19(28-15(3)4)23(12-17)44(37,38)39/h5-15,28H,1-4H3,(H,29,33)(H,30,32)(H,34,35,36)(H,37,38,39)(H,40,41,42). The van der Waals surface area contributed by atoms with Crippen LogP contribution in [0.4, 0.5) is 17.1 Å². The summed E-state index contributed by atoms with van der Waals surface area (Å²) in [5.74, 6) is -3.10. The van der Waals surface area contributed by atoms with Crippen molar-refractivity contribution in [3.05, 3.63) is 71.3 Å². The van der Waals surface area contributed by atoms with Gasteiger partial charge in [-0.1, -0.05) is 13.8 Å². The van der Waals surface area contributed by atoms with Gasteiger partial charge in [0.2, 0.25) is 0 Å². The molecule has 0 aromatic heterocycles. The number of rotatable bonds is 11. The molecule has 6 N–H and O–H groups in total. The van der Waals surface area contributed by atoms with Crippen molar-refractivity contribution in [2.45, 2.75) is 48.4 Å². The van der Waals surface area contributed by atoms with Crippen molar-refractivity contribution in [3.8, 4) is 0 Å². The Hall–Kier alpha value is -4.20. The first-order valence-corrected chi connectivity index (χ1v) is 17.2. The summed E-state index contributed by atoms with van der Waals surface area (Å²) in [5, 5.41) is 7.18. The summed E-state index contributed by atoms with van der Waals surface area (Å²) in [6, 6.07) is 8.76. The van der Waals surface area contributed by atoms with Gasteiger partial charge in [-0.2, -0.15) is 25.3 Å². The molecule has 0 radical (unpaired) electrons. The van der Waals surface area contributed by atoms with Gasteiger partial charge in [-0.3, -0.25) is 28.0 Å². The van der Waals surface area contributed by atoms with Gasteiger partial charge in [-0.15, -0.1) is 0 Å². The molecule has 0 heterocycles. The van der Waals surface area contributed by atoms with Crippen LogP contribution in [-0.2, 0) is 30.4 Å². The van der Waals surface area contributed by atoms with Crippen LogP contribution in [0.5, 0.6) is 0 Å². The maximum Gasteiger partial charge on any atom is 0.296 e. The Labute approximate surface area is 259 Å². The first kappa shape index (κ1) is 35.3. The Morgan fingerprint density at radius 3 is 1.24 bits per heavy atom. The van der Waals surface area contributed by atoms with E-state index in [0.717, 1.165) is 30.3 Å². The number of anilines is 3. The highest BCUT2D eigenvalue weighted by Gasteiger charge is 2.25. The predicted molar refractivity (Wildman–Crippen MR) is 163 cm³/mol. The summed E-state index contributed by atoms with van der Waals surface area (Å²) >= 11 is 0. The maximum absolute atomic E-state index is 13.0. The Bertz CT molecular complexity index is 2020. The Morgan fingerprint density at radius 1 is 0.556 bits per heavy atom. The highest BCUT2D eigenvalue weighted by Crippen LogP contribution is 2.28. The van der Waals surface area contributed by atoms with Crippen molar-refractivity contribution in [1.82, 2.24) is 0 Å². The van der Waals surface area contributed by atoms with E-state index in [2.05, 4.69) is 16.0 Å². The zero-order valence-corrected chi connectivity index (χ0v) is 26.5. The summed E-state index contributed by atoms with van der Waals surface area (Å²) in [6.45, 7) is 6.55. The lowest BCUT2D eigenvalue weighted by Gasteiger charge is -2.15. The number of hydrogen-bond donors (Lipinski definition) is 6. The molecule has 0 spiro atoms. The molecule has 0 atom stereocenters. The summed E-state index contributed by atoms with van der Waals surface area (Å²) in [7, 11) is -14.9. The van der Waals surface area contributed by atoms with Gasteiger partial charge in [0.05, 0.1) is 17.1 Å². The minimum atomic E-state index is -5.11. The molecule has 18 heteroatoms. The largest absolute Gasteiger partial charge is 0.382 e. The van der Waals surface area contributed by atoms with E-state index in [9.17, 15) is 53.3 Å². The predicted octanol–water partition coefficient (Wildman–Crippen LogP) is 3.59. The van der Waals surface area contributed by atoms with E-state index in [-0.39, 0.29) is 22.9 Å². The van der Waals surface area contributed by atoms with Crippen LogP contribution in [0.25, 0.3) is 0 Å². The van der Waals surface area contributed by atoms with Crippen LogP contribution in [0.1, 0.15) is 58.8 Å². The van der Waals surface area contributed by atoms with Crippen LogP contribution in [-0.4, -0.2) is 62.6 Å². The first-order chi connectivity index (χ1) is 20.6. The van der Waals surface area contributed by atoms with Crippen LogP contribution in [0.2, 0.25) is 0 Å². The lowest BCUT2D eigenvalue weighted by Crippen LogP contribution is -2.19. The molecule has 3 aromatic carbocycles. The summed E-state index contributed by atoms with van der Waals surface area (Å²) in [5.41, 5.74) is -1.79. The van der Waals surface area contributed by atoms with E-state index in [4.69, 9.17) is 0 Å². The van der Waals surface area contributed by atoms with Gasteiger partial charge in [0.1, 0.15) is 14.7 Å². The molecule has 0 unspecified atom stereocenters. The number of Topliss-reactive ketones (excluding diaryl/α,β-unsaturated/α-hetero) is 1. The molecule has 0 saturated carbocycles. The average Bonchev–Trinajstić information content (AvgIpc) is 2.91. The first-order valence-electron chi connectivity index (χ1n) is 12.9. The molecule has 45 heavy (non-hydrogen) atoms. The molecule has 15 nitrogen and oxygen atoms in total. The van der Waals surface area contributed by atoms with Crippen molar-refractivity contribution in [2.24, 2.45) is 5.92 Å². The summed E-state index contributed by atoms with van der Waals surface area (Å²) < 4.78 is 101. The zero-order chi connectivity index (χ0) is 34.1. The summed E-state index contributed by atoms with van der Waals surface area (Å²) in [6.07, 6.45) is 0. The van der Waals surface area contributed by atoms with Gasteiger partial charge in [0.15, 0.2) is 5.78 Å². The van der Waals surface area contributed by atoms with Gasteiger partial charge >= 0.3 is 0 Å². The molecule has 0 saturated heterocycles. The number of nitrogens with one attached hydrogen (secondary N) is 3. The van der Waals surface area contributed by atoms with E-state index >= 15 is 0 Å². The monoisotopic (exact) mass is 683 g/mol. The lowest BCUT2D eigenvalue weighted by atomic mass is 10.0. The van der Waals surface area contributed by atoms with E-state index in [1.54, 1.807) is 27.7 Å². The van der Waals surface area contributed by atoms with E-state index in [1.807, 2.05) is 0 Å². The molecule has 0 aliphatic heterocycles. The third kappa shape index (κ3) is 8.71. The second-order valence-corrected chi connectivity index (χ2v) is 14.5. The molecule has 3 aromatic rings. The average molecular weight is 684 g/mol. The molecule has 0 bridgehead atoms. The van der Waals surface area contributed by atoms with Gasteiger partial charge < -0.3 is 16.0 Å². The van der Waals surface area contributed by atoms with Crippen molar-refractivity contribution in [3.63, 3.8) is 0 Å². The van der Waals surface area contributed by atoms with Crippen LogP contribution < -0.4 is 16.0 Å². The number of hydrogen-bond acceptors (Lipinski definition) is 10. The smallest absolute Gasteiger partial charge is 0.296 e. The van der Waals surface area contributed by atoms with Gasteiger partial charge in [-0.25, -0.2) is 0 Å². The molecule has 0 aliphatic rings. The number of amides is 2. The minimum absolute atomic E-state index is 0.00337. The third-order valence-electron chi connectivity index (χ3n) is 6.05. The quantitative estimate of drug-likeness (QED) is 0.125. The summed E-state index contributed by atoms with van der Waals surface area (Å²) in [4.78, 5) is 35.9.